The molecular formula is C36H32F2N2O8. The van der Waals surface area contributed by atoms with Crippen molar-refractivity contribution in [3.05, 3.63) is 120 Å². The SMILES string of the molecule is CN(Cc1cccc(Oc2ccc(F)cc2)c1)C(=O)[C@H]1[C@H](C(=O)O)[C@H](C(=O)N(C)Cc2cccc(Oc3ccc(F)cc3)c2)[C@H]1C(=O)O. The molecule has 1 aliphatic rings. The summed E-state index contributed by atoms with van der Waals surface area (Å²) in [5.74, 6) is -9.62. The van der Waals surface area contributed by atoms with Crippen molar-refractivity contribution >= 4 is 23.8 Å². The third-order valence-corrected chi connectivity index (χ3v) is 8.18. The molecule has 12 heteroatoms. The van der Waals surface area contributed by atoms with E-state index in [0.29, 0.717) is 34.1 Å². The molecule has 1 fully saturated rings. The van der Waals surface area contributed by atoms with Gasteiger partial charge < -0.3 is 29.5 Å². The van der Waals surface area contributed by atoms with Gasteiger partial charge in [-0.05, 0) is 83.9 Å². The quantitative estimate of drug-likeness (QED) is 0.195. The van der Waals surface area contributed by atoms with Gasteiger partial charge in [-0.3, -0.25) is 19.2 Å². The molecule has 48 heavy (non-hydrogen) atoms. The average Bonchev–Trinajstić information content (AvgIpc) is 3.02. The zero-order valence-electron chi connectivity index (χ0n) is 26.0. The first-order valence-electron chi connectivity index (χ1n) is 14.9. The highest BCUT2D eigenvalue weighted by Crippen LogP contribution is 2.48. The van der Waals surface area contributed by atoms with E-state index in [1.165, 1.54) is 72.4 Å². The predicted molar refractivity (Wildman–Crippen MR) is 168 cm³/mol. The molecule has 0 heterocycles. The number of benzene rings is 4. The number of rotatable bonds is 12. The Labute approximate surface area is 274 Å². The van der Waals surface area contributed by atoms with Crippen LogP contribution in [0.5, 0.6) is 23.0 Å². The number of hydrogen-bond acceptors (Lipinski definition) is 6. The van der Waals surface area contributed by atoms with Gasteiger partial charge in [0.15, 0.2) is 0 Å². The lowest BCUT2D eigenvalue weighted by Gasteiger charge is -2.47. The summed E-state index contributed by atoms with van der Waals surface area (Å²) in [7, 11) is 2.85. The largest absolute Gasteiger partial charge is 0.481 e. The van der Waals surface area contributed by atoms with Crippen molar-refractivity contribution in [2.75, 3.05) is 14.1 Å². The molecule has 0 saturated heterocycles. The van der Waals surface area contributed by atoms with Gasteiger partial charge in [0.2, 0.25) is 11.8 Å². The van der Waals surface area contributed by atoms with Crippen LogP contribution in [0.4, 0.5) is 8.78 Å². The second-order valence-electron chi connectivity index (χ2n) is 11.6. The van der Waals surface area contributed by atoms with E-state index in [1.807, 2.05) is 0 Å². The third kappa shape index (κ3) is 7.60. The van der Waals surface area contributed by atoms with Gasteiger partial charge in [0.25, 0.3) is 0 Å². The summed E-state index contributed by atoms with van der Waals surface area (Å²) in [5.41, 5.74) is 1.23. The molecule has 0 bridgehead atoms. The van der Waals surface area contributed by atoms with Crippen molar-refractivity contribution in [1.82, 2.24) is 9.80 Å². The molecule has 0 spiro atoms. The van der Waals surface area contributed by atoms with Crippen molar-refractivity contribution in [1.29, 1.82) is 0 Å². The predicted octanol–water partition coefficient (Wildman–Crippen LogP) is 5.81. The number of carbonyl (C=O) groups is 4. The smallest absolute Gasteiger partial charge is 0.308 e. The minimum atomic E-state index is -1.56. The molecule has 2 amide bonds. The summed E-state index contributed by atoms with van der Waals surface area (Å²) in [6, 6.07) is 24.3. The van der Waals surface area contributed by atoms with E-state index in [4.69, 9.17) is 9.47 Å². The van der Waals surface area contributed by atoms with E-state index in [0.717, 1.165) is 0 Å². The number of amides is 2. The molecule has 5 rings (SSSR count). The van der Waals surface area contributed by atoms with Crippen LogP contribution in [0, 0.1) is 35.3 Å². The van der Waals surface area contributed by atoms with Crippen molar-refractivity contribution < 1.29 is 47.6 Å². The van der Waals surface area contributed by atoms with Crippen LogP contribution in [0.2, 0.25) is 0 Å². The van der Waals surface area contributed by atoms with Crippen LogP contribution in [0.1, 0.15) is 11.1 Å². The Hall–Kier alpha value is -5.78. The number of carboxylic acids is 2. The van der Waals surface area contributed by atoms with Gasteiger partial charge in [-0.1, -0.05) is 24.3 Å². The standard InChI is InChI=1S/C36H32F2N2O8/c1-39(19-21-5-3-7-27(17-21)47-25-13-9-23(37)10-14-25)33(41)29-31(35(43)44)30(32(29)36(45)46)34(42)40(2)20-22-6-4-8-28(18-22)48-26-15-11-24(38)12-16-26/h3-18,29-32H,19-20H2,1-2H3,(H,43,44)(H,45,46)/t29-,30-,31-,32-. The van der Waals surface area contributed by atoms with Crippen LogP contribution in [-0.2, 0) is 32.3 Å². The van der Waals surface area contributed by atoms with E-state index in [9.17, 15) is 38.2 Å². The zero-order chi connectivity index (χ0) is 34.5. The van der Waals surface area contributed by atoms with Gasteiger partial charge in [-0.2, -0.15) is 0 Å². The minimum Gasteiger partial charge on any atom is -0.481 e. The van der Waals surface area contributed by atoms with E-state index in [2.05, 4.69) is 0 Å². The number of ether oxygens (including phenoxy) is 2. The average molecular weight is 659 g/mol. The second-order valence-corrected chi connectivity index (χ2v) is 11.6. The molecule has 4 aromatic rings. The Morgan fingerprint density at radius 3 is 1.25 bits per heavy atom. The summed E-state index contributed by atoms with van der Waals surface area (Å²) >= 11 is 0. The molecule has 0 unspecified atom stereocenters. The molecule has 1 saturated carbocycles. The van der Waals surface area contributed by atoms with Gasteiger partial charge in [-0.25, -0.2) is 8.78 Å². The van der Waals surface area contributed by atoms with Gasteiger partial charge >= 0.3 is 11.9 Å². The molecule has 0 aliphatic heterocycles. The summed E-state index contributed by atoms with van der Waals surface area (Å²) in [6.45, 7) is 0.00690. The fourth-order valence-electron chi connectivity index (χ4n) is 5.88. The minimum absolute atomic E-state index is 0.00345. The Balaban J connectivity index is 1.26. The third-order valence-electron chi connectivity index (χ3n) is 8.18. The monoisotopic (exact) mass is 658 g/mol. The molecule has 0 radical (unpaired) electrons. The maximum atomic E-state index is 13.6. The topological polar surface area (TPSA) is 134 Å². The van der Waals surface area contributed by atoms with E-state index in [-0.39, 0.29) is 13.1 Å². The lowest BCUT2D eigenvalue weighted by atomic mass is 9.55. The van der Waals surface area contributed by atoms with Crippen LogP contribution < -0.4 is 9.47 Å². The summed E-state index contributed by atoms with van der Waals surface area (Å²) in [5, 5.41) is 20.2. The molecule has 2 N–H and O–H groups in total. The first-order valence-corrected chi connectivity index (χ1v) is 14.9. The van der Waals surface area contributed by atoms with Gasteiger partial charge in [0.1, 0.15) is 34.6 Å². The first kappa shape index (κ1) is 33.6. The van der Waals surface area contributed by atoms with E-state index >= 15 is 0 Å². The Bertz CT molecular complexity index is 1670. The fraction of sp³-hybridized carbons (Fsp3) is 0.222. The van der Waals surface area contributed by atoms with Gasteiger partial charge in [0.05, 0.1) is 23.7 Å². The van der Waals surface area contributed by atoms with Crippen LogP contribution in [-0.4, -0.2) is 57.9 Å². The summed E-state index contributed by atoms with van der Waals surface area (Å²) < 4.78 is 38.0. The molecule has 1 aliphatic carbocycles. The Morgan fingerprint density at radius 1 is 0.562 bits per heavy atom. The fourth-order valence-corrected chi connectivity index (χ4v) is 5.88. The summed E-state index contributed by atoms with van der Waals surface area (Å²) in [6.07, 6.45) is 0. The molecule has 0 aromatic heterocycles. The van der Waals surface area contributed by atoms with E-state index < -0.39 is 59.1 Å². The lowest BCUT2D eigenvalue weighted by molar-refractivity contribution is -0.186. The number of halogens is 2. The maximum absolute atomic E-state index is 13.6. The van der Waals surface area contributed by atoms with Crippen LogP contribution >= 0.6 is 0 Å². The van der Waals surface area contributed by atoms with Gasteiger partial charge in [0, 0.05) is 27.2 Å². The van der Waals surface area contributed by atoms with Crippen LogP contribution in [0.25, 0.3) is 0 Å². The number of nitrogens with zero attached hydrogens (tertiary/aromatic N) is 2. The molecule has 4 aromatic carbocycles. The number of carbonyl (C=O) groups excluding carboxylic acids is 2. The highest BCUT2D eigenvalue weighted by atomic mass is 19.1. The Morgan fingerprint density at radius 2 is 0.917 bits per heavy atom. The zero-order valence-corrected chi connectivity index (χ0v) is 26.0. The van der Waals surface area contributed by atoms with Crippen molar-refractivity contribution in [3.63, 3.8) is 0 Å². The second kappa shape index (κ2) is 14.3. The highest BCUT2D eigenvalue weighted by Gasteiger charge is 2.64. The molecular weight excluding hydrogens is 626 g/mol. The van der Waals surface area contributed by atoms with Gasteiger partial charge in [-0.15, -0.1) is 0 Å². The molecule has 248 valence electrons. The first-order chi connectivity index (χ1) is 22.9. The van der Waals surface area contributed by atoms with Crippen molar-refractivity contribution in [2.45, 2.75) is 13.1 Å². The van der Waals surface area contributed by atoms with Crippen LogP contribution in [0.15, 0.2) is 97.1 Å². The maximum Gasteiger partial charge on any atom is 0.308 e. The van der Waals surface area contributed by atoms with Crippen molar-refractivity contribution in [3.8, 4) is 23.0 Å². The normalized spacial score (nSPS) is 18.2. The highest BCUT2D eigenvalue weighted by molar-refractivity contribution is 5.99. The Kier molecular flexibility index (Phi) is 10.0. The molecule has 0 atom stereocenters. The van der Waals surface area contributed by atoms with Crippen LogP contribution in [0.3, 0.4) is 0 Å². The van der Waals surface area contributed by atoms with E-state index in [1.54, 1.807) is 48.5 Å². The number of carboxylic acid groups (broad SMARTS) is 2. The molecule has 10 nitrogen and oxygen atoms in total. The van der Waals surface area contributed by atoms with Crippen molar-refractivity contribution in [2.24, 2.45) is 23.7 Å². The number of aliphatic carboxylic acids is 2. The number of hydrogen-bond donors (Lipinski definition) is 2. The lowest BCUT2D eigenvalue weighted by Crippen LogP contribution is -2.63. The summed E-state index contributed by atoms with van der Waals surface area (Å²) in [4.78, 5) is 54.4.